The first-order chi connectivity index (χ1) is 17.3. The summed E-state index contributed by atoms with van der Waals surface area (Å²) in [6.07, 6.45) is 2.60. The van der Waals surface area contributed by atoms with E-state index in [1.165, 1.54) is 11.1 Å². The number of anilines is 4. The van der Waals surface area contributed by atoms with E-state index in [2.05, 4.69) is 93.4 Å². The van der Waals surface area contributed by atoms with Gasteiger partial charge in [-0.25, -0.2) is 0 Å². The Morgan fingerprint density at radius 1 is 0.972 bits per heavy atom. The predicted octanol–water partition coefficient (Wildman–Crippen LogP) is 6.66. The Labute approximate surface area is 217 Å². The van der Waals surface area contributed by atoms with Crippen LogP contribution in [0.3, 0.4) is 0 Å². The summed E-state index contributed by atoms with van der Waals surface area (Å²) in [4.78, 5) is 13.8. The summed E-state index contributed by atoms with van der Waals surface area (Å²) in [6.45, 7) is 12.4. The second-order valence-electron chi connectivity index (χ2n) is 9.87. The summed E-state index contributed by atoms with van der Waals surface area (Å²) in [7, 11) is 4.01. The van der Waals surface area contributed by atoms with E-state index < -0.39 is 0 Å². The molecule has 1 aliphatic rings. The van der Waals surface area contributed by atoms with Crippen molar-refractivity contribution >= 4 is 23.3 Å². The summed E-state index contributed by atoms with van der Waals surface area (Å²) in [5, 5.41) is 3.48. The molecule has 0 spiro atoms. The Hall–Kier alpha value is -3.12. The minimum atomic E-state index is 0.166. The lowest BCUT2D eigenvalue weighted by Gasteiger charge is -2.35. The van der Waals surface area contributed by atoms with Crippen LogP contribution in [0, 0.1) is 0 Å². The van der Waals surface area contributed by atoms with Gasteiger partial charge in [0.25, 0.3) is 0 Å². The lowest BCUT2D eigenvalue weighted by molar-refractivity contribution is -0.00570. The molecule has 2 heterocycles. The highest BCUT2D eigenvalue weighted by Gasteiger charge is 2.25. The van der Waals surface area contributed by atoms with Gasteiger partial charge in [-0.1, -0.05) is 63.2 Å². The average Bonchev–Trinajstić information content (AvgIpc) is 2.88. The van der Waals surface area contributed by atoms with Crippen molar-refractivity contribution in [1.29, 1.82) is 0 Å². The third-order valence-corrected chi connectivity index (χ3v) is 6.45. The highest BCUT2D eigenvalue weighted by atomic mass is 16.5. The third-order valence-electron chi connectivity index (χ3n) is 6.45. The van der Waals surface area contributed by atoms with E-state index in [0.29, 0.717) is 5.92 Å². The van der Waals surface area contributed by atoms with Crippen molar-refractivity contribution in [3.05, 3.63) is 71.8 Å². The largest absolute Gasteiger partial charge is 0.372 e. The van der Waals surface area contributed by atoms with E-state index in [9.17, 15) is 0 Å². The smallest absolute Gasteiger partial charge is 0.229 e. The molecule has 0 saturated carbocycles. The fraction of sp³-hybridized carbons (Fsp3) is 0.467. The van der Waals surface area contributed by atoms with Crippen LogP contribution in [0.15, 0.2) is 60.7 Å². The van der Waals surface area contributed by atoms with Gasteiger partial charge in [-0.3, -0.25) is 0 Å². The number of aryl methyl sites for hydroxylation is 1. The van der Waals surface area contributed by atoms with Crippen LogP contribution in [0.4, 0.5) is 23.3 Å². The molecule has 6 heteroatoms. The zero-order valence-electron chi connectivity index (χ0n) is 23.0. The zero-order valence-corrected chi connectivity index (χ0v) is 23.0. The van der Waals surface area contributed by atoms with Gasteiger partial charge in [-0.2, -0.15) is 9.97 Å². The molecule has 3 atom stereocenters. The molecule has 1 N–H and O–H groups in total. The Morgan fingerprint density at radius 3 is 2.25 bits per heavy atom. The fourth-order valence-corrected chi connectivity index (χ4v) is 4.22. The van der Waals surface area contributed by atoms with Gasteiger partial charge in [0.1, 0.15) is 11.6 Å². The Kier molecular flexibility index (Phi) is 10.1. The maximum atomic E-state index is 5.86. The lowest BCUT2D eigenvalue weighted by Crippen LogP contribution is -2.46. The number of benzene rings is 2. The van der Waals surface area contributed by atoms with Gasteiger partial charge in [-0.15, -0.1) is 0 Å². The van der Waals surface area contributed by atoms with E-state index in [1.54, 1.807) is 0 Å². The molecule has 2 aromatic carbocycles. The highest BCUT2D eigenvalue weighted by molar-refractivity contribution is 5.62. The number of nitrogens with zero attached hydrogens (tertiary/aromatic N) is 4. The molecule has 1 fully saturated rings. The molecule has 3 aromatic rings. The Balaban J connectivity index is 0.000000383. The van der Waals surface area contributed by atoms with E-state index >= 15 is 0 Å². The van der Waals surface area contributed by atoms with Gasteiger partial charge < -0.3 is 19.9 Å². The van der Waals surface area contributed by atoms with E-state index in [-0.39, 0.29) is 12.2 Å². The minimum absolute atomic E-state index is 0.166. The van der Waals surface area contributed by atoms with E-state index in [1.807, 2.05) is 31.1 Å². The summed E-state index contributed by atoms with van der Waals surface area (Å²) >= 11 is 0. The first-order valence-corrected chi connectivity index (χ1v) is 13.2. The molecule has 0 bridgehead atoms. The second kappa shape index (κ2) is 13.3. The number of hydrogen-bond acceptors (Lipinski definition) is 6. The van der Waals surface area contributed by atoms with Crippen LogP contribution in [-0.4, -0.2) is 49.4 Å². The molecule has 4 rings (SSSR count). The number of hydrogen-bond donors (Lipinski definition) is 1. The van der Waals surface area contributed by atoms with Crippen LogP contribution in [0.5, 0.6) is 0 Å². The zero-order chi connectivity index (χ0) is 26.1. The van der Waals surface area contributed by atoms with Crippen molar-refractivity contribution < 1.29 is 4.74 Å². The van der Waals surface area contributed by atoms with Crippen molar-refractivity contribution in [3.8, 4) is 0 Å². The van der Waals surface area contributed by atoms with Crippen LogP contribution in [0.1, 0.15) is 58.1 Å². The Morgan fingerprint density at radius 2 is 1.67 bits per heavy atom. The van der Waals surface area contributed by atoms with E-state index in [4.69, 9.17) is 14.7 Å². The number of nitrogens with one attached hydrogen (secondary N) is 1. The molecule has 1 aliphatic heterocycles. The van der Waals surface area contributed by atoms with Gasteiger partial charge in [0.2, 0.25) is 5.95 Å². The number of ether oxygens (including phenoxy) is 1. The molecule has 194 valence electrons. The van der Waals surface area contributed by atoms with Crippen molar-refractivity contribution in [2.24, 2.45) is 0 Å². The van der Waals surface area contributed by atoms with Crippen LogP contribution < -0.4 is 15.1 Å². The van der Waals surface area contributed by atoms with Gasteiger partial charge >= 0.3 is 0 Å². The van der Waals surface area contributed by atoms with Crippen LogP contribution in [-0.2, 0) is 11.2 Å². The molecule has 36 heavy (non-hydrogen) atoms. The van der Waals surface area contributed by atoms with Gasteiger partial charge in [0.15, 0.2) is 0 Å². The molecule has 1 aromatic heterocycles. The third kappa shape index (κ3) is 7.95. The SMILES string of the molecule is CCC(C)c1cccc(Nc2cc(N(C)C)nc(N3C[C@@H](C)O[C@@H](C)C3)n2)c1.CCc1ccccc1. The average molecular weight is 490 g/mol. The molecule has 6 nitrogen and oxygen atoms in total. The van der Waals surface area contributed by atoms with Crippen LogP contribution in [0.2, 0.25) is 0 Å². The summed E-state index contributed by atoms with van der Waals surface area (Å²) < 4.78 is 5.86. The lowest BCUT2D eigenvalue weighted by atomic mass is 9.98. The predicted molar refractivity (Wildman–Crippen MR) is 153 cm³/mol. The number of rotatable bonds is 7. The molecule has 0 radical (unpaired) electrons. The molecular formula is C30H43N5O. The summed E-state index contributed by atoms with van der Waals surface area (Å²) in [5.41, 5.74) is 3.80. The summed E-state index contributed by atoms with van der Waals surface area (Å²) in [5.74, 6) is 2.98. The minimum Gasteiger partial charge on any atom is -0.372 e. The topological polar surface area (TPSA) is 53.5 Å². The standard InChI is InChI=1S/C22H33N5O.C8H10/c1-7-15(2)18-9-8-10-19(11-18)23-20-12-21(26(5)6)25-22(24-20)27-13-16(3)28-17(4)14-27;1-2-8-6-4-3-5-7-8/h8-12,15-17H,7,13-14H2,1-6H3,(H,23,24,25);3-7H,2H2,1H3/t15?,16-,17+;. The quantitative estimate of drug-likeness (QED) is 0.400. The molecule has 1 unspecified atom stereocenters. The molecule has 0 aliphatic carbocycles. The Bertz CT molecular complexity index is 1060. The number of aromatic nitrogens is 2. The van der Waals surface area contributed by atoms with Gasteiger partial charge in [0, 0.05) is 38.9 Å². The van der Waals surface area contributed by atoms with Crippen molar-refractivity contribution in [3.63, 3.8) is 0 Å². The van der Waals surface area contributed by atoms with Crippen molar-refractivity contribution in [1.82, 2.24) is 9.97 Å². The van der Waals surface area contributed by atoms with Gasteiger partial charge in [-0.05, 0) is 55.9 Å². The molecule has 1 saturated heterocycles. The first kappa shape index (κ1) is 27.5. The fourth-order valence-electron chi connectivity index (χ4n) is 4.22. The normalized spacial score (nSPS) is 18.1. The second-order valence-corrected chi connectivity index (χ2v) is 9.87. The van der Waals surface area contributed by atoms with Crippen LogP contribution in [0.25, 0.3) is 0 Å². The molecular weight excluding hydrogens is 446 g/mol. The molecule has 0 amide bonds. The maximum Gasteiger partial charge on any atom is 0.229 e. The number of morpholine rings is 1. The first-order valence-electron chi connectivity index (χ1n) is 13.2. The summed E-state index contributed by atoms with van der Waals surface area (Å²) in [6, 6.07) is 21.0. The van der Waals surface area contributed by atoms with Crippen molar-refractivity contribution in [2.75, 3.05) is 42.3 Å². The van der Waals surface area contributed by atoms with Crippen molar-refractivity contribution in [2.45, 2.75) is 65.6 Å². The monoisotopic (exact) mass is 489 g/mol. The van der Waals surface area contributed by atoms with Crippen LogP contribution >= 0.6 is 0 Å². The highest BCUT2D eigenvalue weighted by Crippen LogP contribution is 2.27. The van der Waals surface area contributed by atoms with E-state index in [0.717, 1.165) is 49.2 Å². The van der Waals surface area contributed by atoms with Gasteiger partial charge in [0.05, 0.1) is 12.2 Å². The maximum absolute atomic E-state index is 5.86.